The maximum absolute atomic E-state index is 13.5. The van der Waals surface area contributed by atoms with E-state index in [4.69, 9.17) is 15.2 Å². The molecule has 0 fully saturated rings. The van der Waals surface area contributed by atoms with Crippen molar-refractivity contribution in [2.24, 2.45) is 5.73 Å². The minimum atomic E-state index is -0.0608. The van der Waals surface area contributed by atoms with Crippen molar-refractivity contribution in [2.75, 3.05) is 20.2 Å². The van der Waals surface area contributed by atoms with E-state index in [9.17, 15) is 4.79 Å². The first-order valence-electron chi connectivity index (χ1n) is 11.5. The number of hydrogen-bond acceptors (Lipinski definition) is 4. The van der Waals surface area contributed by atoms with Crippen LogP contribution in [0.25, 0.3) is 10.8 Å². The Morgan fingerprint density at radius 2 is 1.65 bits per heavy atom. The first-order valence-corrected chi connectivity index (χ1v) is 11.5. The third kappa shape index (κ3) is 5.56. The van der Waals surface area contributed by atoms with E-state index in [0.717, 1.165) is 28.3 Å². The SMILES string of the molecule is COc1cc(C(=O)N(CCCN)Cc2cccc3ccccc23)ccc1OCc1ccccc1. The number of carbonyl (C=O) groups is 1. The number of nitrogens with two attached hydrogens (primary N) is 1. The zero-order valence-corrected chi connectivity index (χ0v) is 19.4. The highest BCUT2D eigenvalue weighted by Gasteiger charge is 2.19. The predicted octanol–water partition coefficient (Wildman–Crippen LogP) is 5.42. The molecular weight excluding hydrogens is 424 g/mol. The molecule has 0 saturated heterocycles. The van der Waals surface area contributed by atoms with Crippen molar-refractivity contribution in [3.63, 3.8) is 0 Å². The summed E-state index contributed by atoms with van der Waals surface area (Å²) in [7, 11) is 1.58. The molecule has 0 saturated carbocycles. The van der Waals surface area contributed by atoms with Gasteiger partial charge in [-0.05, 0) is 53.1 Å². The lowest BCUT2D eigenvalue weighted by Crippen LogP contribution is -2.32. The van der Waals surface area contributed by atoms with Gasteiger partial charge in [-0.1, -0.05) is 72.8 Å². The smallest absolute Gasteiger partial charge is 0.254 e. The number of rotatable bonds is 10. The van der Waals surface area contributed by atoms with Crippen LogP contribution in [0.5, 0.6) is 11.5 Å². The molecule has 34 heavy (non-hydrogen) atoms. The number of fused-ring (bicyclic) bond motifs is 1. The lowest BCUT2D eigenvalue weighted by atomic mass is 10.0. The van der Waals surface area contributed by atoms with E-state index >= 15 is 0 Å². The largest absolute Gasteiger partial charge is 0.493 e. The van der Waals surface area contributed by atoms with Gasteiger partial charge in [0.05, 0.1) is 7.11 Å². The van der Waals surface area contributed by atoms with E-state index < -0.39 is 0 Å². The van der Waals surface area contributed by atoms with Gasteiger partial charge in [-0.15, -0.1) is 0 Å². The molecule has 0 aliphatic carbocycles. The van der Waals surface area contributed by atoms with Crippen molar-refractivity contribution < 1.29 is 14.3 Å². The highest BCUT2D eigenvalue weighted by molar-refractivity contribution is 5.95. The molecule has 0 aliphatic rings. The summed E-state index contributed by atoms with van der Waals surface area (Å²) in [5.41, 5.74) is 8.50. The molecule has 0 aliphatic heterocycles. The van der Waals surface area contributed by atoms with E-state index in [1.54, 1.807) is 25.3 Å². The average molecular weight is 455 g/mol. The van der Waals surface area contributed by atoms with Crippen molar-refractivity contribution in [3.05, 3.63) is 108 Å². The lowest BCUT2D eigenvalue weighted by Gasteiger charge is -2.24. The minimum absolute atomic E-state index is 0.0608. The van der Waals surface area contributed by atoms with Crippen molar-refractivity contribution >= 4 is 16.7 Å². The van der Waals surface area contributed by atoms with Gasteiger partial charge < -0.3 is 20.1 Å². The maximum atomic E-state index is 13.5. The van der Waals surface area contributed by atoms with Gasteiger partial charge in [0, 0.05) is 18.7 Å². The van der Waals surface area contributed by atoms with Gasteiger partial charge in [0.15, 0.2) is 11.5 Å². The summed E-state index contributed by atoms with van der Waals surface area (Å²) < 4.78 is 11.5. The Labute approximate surface area is 200 Å². The Hall–Kier alpha value is -3.83. The molecule has 4 aromatic rings. The molecule has 0 heterocycles. The Morgan fingerprint density at radius 1 is 0.882 bits per heavy atom. The first kappa shape index (κ1) is 23.3. The number of carbonyl (C=O) groups excluding carboxylic acids is 1. The molecule has 5 heteroatoms. The monoisotopic (exact) mass is 454 g/mol. The topological polar surface area (TPSA) is 64.8 Å². The zero-order chi connectivity index (χ0) is 23.8. The summed E-state index contributed by atoms with van der Waals surface area (Å²) in [6.07, 6.45) is 0.728. The molecule has 0 radical (unpaired) electrons. The van der Waals surface area contributed by atoms with E-state index in [1.165, 1.54) is 0 Å². The summed E-state index contributed by atoms with van der Waals surface area (Å²) in [5.74, 6) is 1.07. The van der Waals surface area contributed by atoms with Crippen LogP contribution in [-0.2, 0) is 13.2 Å². The molecule has 4 aromatic carbocycles. The molecule has 0 spiro atoms. The lowest BCUT2D eigenvalue weighted by molar-refractivity contribution is 0.0742. The number of benzene rings is 4. The molecule has 0 bridgehead atoms. The second kappa shape index (κ2) is 11.3. The second-order valence-corrected chi connectivity index (χ2v) is 8.15. The Bertz CT molecular complexity index is 1240. The minimum Gasteiger partial charge on any atom is -0.493 e. The number of amides is 1. The van der Waals surface area contributed by atoms with Crippen LogP contribution in [0.1, 0.15) is 27.9 Å². The third-order valence-corrected chi connectivity index (χ3v) is 5.81. The number of methoxy groups -OCH3 is 1. The van der Waals surface area contributed by atoms with Crippen molar-refractivity contribution in [2.45, 2.75) is 19.6 Å². The average Bonchev–Trinajstić information content (AvgIpc) is 2.90. The Morgan fingerprint density at radius 3 is 2.44 bits per heavy atom. The van der Waals surface area contributed by atoms with Crippen LogP contribution in [0.15, 0.2) is 91.0 Å². The van der Waals surface area contributed by atoms with Crippen LogP contribution in [0.4, 0.5) is 0 Å². The van der Waals surface area contributed by atoms with Gasteiger partial charge in [-0.3, -0.25) is 4.79 Å². The molecule has 2 N–H and O–H groups in total. The van der Waals surface area contributed by atoms with Crippen LogP contribution >= 0.6 is 0 Å². The molecule has 0 atom stereocenters. The third-order valence-electron chi connectivity index (χ3n) is 5.81. The molecule has 174 valence electrons. The fraction of sp³-hybridized carbons (Fsp3) is 0.207. The fourth-order valence-electron chi connectivity index (χ4n) is 4.01. The van der Waals surface area contributed by atoms with Gasteiger partial charge >= 0.3 is 0 Å². The highest BCUT2D eigenvalue weighted by atomic mass is 16.5. The number of ether oxygens (including phenoxy) is 2. The van der Waals surface area contributed by atoms with Crippen LogP contribution in [0, 0.1) is 0 Å². The molecule has 4 rings (SSSR count). The summed E-state index contributed by atoms with van der Waals surface area (Å²) in [6.45, 7) is 2.03. The highest BCUT2D eigenvalue weighted by Crippen LogP contribution is 2.30. The van der Waals surface area contributed by atoms with E-state index in [-0.39, 0.29) is 5.91 Å². The normalized spacial score (nSPS) is 10.8. The van der Waals surface area contributed by atoms with Gasteiger partial charge in [0.25, 0.3) is 5.91 Å². The number of nitrogens with zero attached hydrogens (tertiary/aromatic N) is 1. The zero-order valence-electron chi connectivity index (χ0n) is 19.4. The van der Waals surface area contributed by atoms with Gasteiger partial charge in [0.2, 0.25) is 0 Å². The molecule has 0 unspecified atom stereocenters. The van der Waals surface area contributed by atoms with Crippen molar-refractivity contribution in [1.29, 1.82) is 0 Å². The summed E-state index contributed by atoms with van der Waals surface area (Å²) in [6, 6.07) is 29.7. The van der Waals surface area contributed by atoms with Crippen LogP contribution in [-0.4, -0.2) is 31.0 Å². The Kier molecular flexibility index (Phi) is 7.79. The van der Waals surface area contributed by atoms with Crippen LogP contribution in [0.2, 0.25) is 0 Å². The quantitative estimate of drug-likeness (QED) is 0.348. The first-order chi connectivity index (χ1) is 16.7. The standard InChI is InChI=1S/C29H30N2O3/c1-33-28-19-24(15-16-27(28)34-21-22-9-3-2-4-10-22)29(32)31(18-8-17-30)20-25-13-7-12-23-11-5-6-14-26(23)25/h2-7,9-16,19H,8,17-18,20-21,30H2,1H3. The molecule has 5 nitrogen and oxygen atoms in total. The van der Waals surface area contributed by atoms with E-state index in [2.05, 4.69) is 24.3 Å². The second-order valence-electron chi connectivity index (χ2n) is 8.15. The molecule has 1 amide bonds. The summed E-state index contributed by atoms with van der Waals surface area (Å²) in [4.78, 5) is 15.4. The fourth-order valence-corrected chi connectivity index (χ4v) is 4.01. The van der Waals surface area contributed by atoms with Gasteiger partial charge in [-0.2, -0.15) is 0 Å². The number of hydrogen-bond donors (Lipinski definition) is 1. The van der Waals surface area contributed by atoms with Crippen molar-refractivity contribution in [3.8, 4) is 11.5 Å². The van der Waals surface area contributed by atoms with Crippen LogP contribution < -0.4 is 15.2 Å². The molecule has 0 aromatic heterocycles. The van der Waals surface area contributed by atoms with E-state index in [0.29, 0.717) is 43.3 Å². The van der Waals surface area contributed by atoms with Crippen molar-refractivity contribution in [1.82, 2.24) is 4.90 Å². The summed E-state index contributed by atoms with van der Waals surface area (Å²) in [5, 5.41) is 2.31. The van der Waals surface area contributed by atoms with Crippen LogP contribution in [0.3, 0.4) is 0 Å². The maximum Gasteiger partial charge on any atom is 0.254 e. The predicted molar refractivity (Wildman–Crippen MR) is 136 cm³/mol. The summed E-state index contributed by atoms with van der Waals surface area (Å²) >= 11 is 0. The van der Waals surface area contributed by atoms with Gasteiger partial charge in [0.1, 0.15) is 6.61 Å². The van der Waals surface area contributed by atoms with E-state index in [1.807, 2.05) is 53.4 Å². The molecular formula is C29H30N2O3. The Balaban J connectivity index is 1.56. The van der Waals surface area contributed by atoms with Gasteiger partial charge in [-0.25, -0.2) is 0 Å².